The van der Waals surface area contributed by atoms with E-state index in [4.69, 9.17) is 27.9 Å². The molecular formula is C13H20Cl4N2O. The second-order valence-electron chi connectivity index (χ2n) is 4.33. The van der Waals surface area contributed by atoms with Crippen molar-refractivity contribution in [2.75, 3.05) is 39.4 Å². The van der Waals surface area contributed by atoms with Crippen LogP contribution in [0.5, 0.6) is 0 Å². The van der Waals surface area contributed by atoms with Gasteiger partial charge in [-0.15, -0.1) is 24.8 Å². The van der Waals surface area contributed by atoms with E-state index in [9.17, 15) is 0 Å². The van der Waals surface area contributed by atoms with Gasteiger partial charge in [0, 0.05) is 48.3 Å². The number of rotatable bonds is 5. The van der Waals surface area contributed by atoms with Gasteiger partial charge in [0.1, 0.15) is 0 Å². The van der Waals surface area contributed by atoms with E-state index >= 15 is 0 Å². The summed E-state index contributed by atoms with van der Waals surface area (Å²) in [7, 11) is 0. The predicted octanol–water partition coefficient (Wildman–Crippen LogP) is 3.26. The van der Waals surface area contributed by atoms with E-state index in [1.807, 2.05) is 18.2 Å². The number of nitrogens with one attached hydrogen (secondary N) is 1. The quantitative estimate of drug-likeness (QED) is 0.814. The molecule has 1 aliphatic heterocycles. The van der Waals surface area contributed by atoms with Crippen molar-refractivity contribution in [3.05, 3.63) is 33.8 Å². The van der Waals surface area contributed by atoms with Gasteiger partial charge in [-0.3, -0.25) is 4.90 Å². The molecule has 1 saturated heterocycles. The lowest BCUT2D eigenvalue weighted by molar-refractivity contribution is 0.0384. The average Bonchev–Trinajstić information content (AvgIpc) is 2.38. The van der Waals surface area contributed by atoms with Crippen LogP contribution in [0.2, 0.25) is 10.0 Å². The Balaban J connectivity index is 0.00000180. The summed E-state index contributed by atoms with van der Waals surface area (Å²) in [6.07, 6.45) is 0. The van der Waals surface area contributed by atoms with Crippen LogP contribution in [0.3, 0.4) is 0 Å². The van der Waals surface area contributed by atoms with Crippen LogP contribution in [0.15, 0.2) is 18.2 Å². The van der Waals surface area contributed by atoms with E-state index in [0.717, 1.165) is 55.0 Å². The molecule has 0 amide bonds. The summed E-state index contributed by atoms with van der Waals surface area (Å²) in [5, 5.41) is 4.83. The molecule has 1 fully saturated rings. The smallest absolute Gasteiger partial charge is 0.0594 e. The zero-order valence-electron chi connectivity index (χ0n) is 11.1. The summed E-state index contributed by atoms with van der Waals surface area (Å²) in [5.74, 6) is 0. The van der Waals surface area contributed by atoms with Crippen molar-refractivity contribution >= 4 is 48.0 Å². The maximum Gasteiger partial charge on any atom is 0.0594 e. The highest BCUT2D eigenvalue weighted by Crippen LogP contribution is 2.23. The van der Waals surface area contributed by atoms with Crippen LogP contribution in [-0.4, -0.2) is 44.3 Å². The van der Waals surface area contributed by atoms with Gasteiger partial charge in [-0.2, -0.15) is 0 Å². The second-order valence-corrected chi connectivity index (χ2v) is 5.15. The Labute approximate surface area is 142 Å². The number of ether oxygens (including phenoxy) is 1. The maximum absolute atomic E-state index is 6.11. The Morgan fingerprint density at radius 3 is 2.30 bits per heavy atom. The van der Waals surface area contributed by atoms with Crippen LogP contribution in [0.4, 0.5) is 0 Å². The Bertz CT molecular complexity index is 366. The fourth-order valence-corrected chi connectivity index (χ4v) is 2.51. The van der Waals surface area contributed by atoms with Crippen molar-refractivity contribution in [2.45, 2.75) is 6.54 Å². The summed E-state index contributed by atoms with van der Waals surface area (Å²) in [6, 6.07) is 5.60. The van der Waals surface area contributed by atoms with Crippen molar-refractivity contribution in [1.29, 1.82) is 0 Å². The highest BCUT2D eigenvalue weighted by atomic mass is 35.5. The fraction of sp³-hybridized carbons (Fsp3) is 0.538. The van der Waals surface area contributed by atoms with Crippen molar-refractivity contribution in [3.63, 3.8) is 0 Å². The van der Waals surface area contributed by atoms with Crippen molar-refractivity contribution in [1.82, 2.24) is 10.2 Å². The zero-order chi connectivity index (χ0) is 12.8. The van der Waals surface area contributed by atoms with E-state index in [-0.39, 0.29) is 24.8 Å². The molecule has 0 aromatic heterocycles. The summed E-state index contributed by atoms with van der Waals surface area (Å²) < 4.78 is 5.31. The topological polar surface area (TPSA) is 24.5 Å². The Hall–Kier alpha value is 0.260. The monoisotopic (exact) mass is 360 g/mol. The van der Waals surface area contributed by atoms with Crippen molar-refractivity contribution in [2.24, 2.45) is 0 Å². The normalized spacial score (nSPS) is 15.3. The Morgan fingerprint density at radius 1 is 1.10 bits per heavy atom. The molecule has 0 aliphatic carbocycles. The lowest BCUT2D eigenvalue weighted by Gasteiger charge is -2.26. The standard InChI is InChI=1S/C13H18Cl2N2O.2ClH/c14-12-2-1-3-13(15)11(12)10-16-4-5-17-6-8-18-9-7-17;;/h1-3,16H,4-10H2;2*1H. The van der Waals surface area contributed by atoms with Crippen molar-refractivity contribution in [3.8, 4) is 0 Å². The van der Waals surface area contributed by atoms with Gasteiger partial charge in [-0.1, -0.05) is 29.3 Å². The molecule has 0 saturated carbocycles. The molecule has 116 valence electrons. The third-order valence-corrected chi connectivity index (χ3v) is 3.78. The van der Waals surface area contributed by atoms with Gasteiger partial charge in [-0.25, -0.2) is 0 Å². The number of benzene rings is 1. The van der Waals surface area contributed by atoms with E-state index in [1.54, 1.807) is 0 Å². The molecule has 1 N–H and O–H groups in total. The molecular weight excluding hydrogens is 342 g/mol. The fourth-order valence-electron chi connectivity index (χ4n) is 1.98. The van der Waals surface area contributed by atoms with Gasteiger partial charge in [0.05, 0.1) is 13.2 Å². The number of nitrogens with zero attached hydrogens (tertiary/aromatic N) is 1. The first-order valence-corrected chi connectivity index (χ1v) is 6.96. The molecule has 0 unspecified atom stereocenters. The molecule has 0 atom stereocenters. The summed E-state index contributed by atoms with van der Waals surface area (Å²) in [4.78, 5) is 2.39. The highest BCUT2D eigenvalue weighted by Gasteiger charge is 2.09. The van der Waals surface area contributed by atoms with E-state index in [1.165, 1.54) is 0 Å². The van der Waals surface area contributed by atoms with Gasteiger partial charge in [0.25, 0.3) is 0 Å². The molecule has 0 spiro atoms. The lowest BCUT2D eigenvalue weighted by atomic mass is 10.2. The third-order valence-electron chi connectivity index (χ3n) is 3.07. The first kappa shape index (κ1) is 20.3. The first-order valence-electron chi connectivity index (χ1n) is 6.21. The first-order chi connectivity index (χ1) is 8.77. The molecule has 7 heteroatoms. The zero-order valence-corrected chi connectivity index (χ0v) is 14.3. The number of hydrogen-bond donors (Lipinski definition) is 1. The predicted molar refractivity (Wildman–Crippen MR) is 89.9 cm³/mol. The number of morpholine rings is 1. The van der Waals surface area contributed by atoms with Crippen LogP contribution >= 0.6 is 48.0 Å². The highest BCUT2D eigenvalue weighted by molar-refractivity contribution is 6.35. The molecule has 1 aromatic carbocycles. The third kappa shape index (κ3) is 6.35. The van der Waals surface area contributed by atoms with Crippen LogP contribution in [-0.2, 0) is 11.3 Å². The molecule has 3 nitrogen and oxygen atoms in total. The molecule has 0 radical (unpaired) electrons. The molecule has 20 heavy (non-hydrogen) atoms. The Morgan fingerprint density at radius 2 is 1.70 bits per heavy atom. The molecule has 0 bridgehead atoms. The second kappa shape index (κ2) is 10.9. The van der Waals surface area contributed by atoms with E-state index in [2.05, 4.69) is 10.2 Å². The summed E-state index contributed by atoms with van der Waals surface area (Å²) >= 11 is 12.2. The Kier molecular flexibility index (Phi) is 11.1. The lowest BCUT2D eigenvalue weighted by Crippen LogP contribution is -2.40. The van der Waals surface area contributed by atoms with Crippen LogP contribution in [0, 0.1) is 0 Å². The van der Waals surface area contributed by atoms with Crippen LogP contribution in [0.25, 0.3) is 0 Å². The minimum absolute atomic E-state index is 0. The molecule has 1 aliphatic rings. The molecule has 2 rings (SSSR count). The average molecular weight is 362 g/mol. The van der Waals surface area contributed by atoms with E-state index in [0.29, 0.717) is 6.54 Å². The van der Waals surface area contributed by atoms with Gasteiger partial charge < -0.3 is 10.1 Å². The molecule has 1 heterocycles. The SMILES string of the molecule is Cl.Cl.Clc1cccc(Cl)c1CNCCN1CCOCC1. The van der Waals surface area contributed by atoms with Crippen molar-refractivity contribution < 1.29 is 4.74 Å². The summed E-state index contributed by atoms with van der Waals surface area (Å²) in [6.45, 7) is 6.41. The van der Waals surface area contributed by atoms with Gasteiger partial charge >= 0.3 is 0 Å². The van der Waals surface area contributed by atoms with Crippen LogP contribution < -0.4 is 5.32 Å². The van der Waals surface area contributed by atoms with E-state index < -0.39 is 0 Å². The number of halogens is 4. The minimum atomic E-state index is 0. The summed E-state index contributed by atoms with van der Waals surface area (Å²) in [5.41, 5.74) is 0.975. The minimum Gasteiger partial charge on any atom is -0.379 e. The molecule has 1 aromatic rings. The van der Waals surface area contributed by atoms with Gasteiger partial charge in [-0.05, 0) is 12.1 Å². The van der Waals surface area contributed by atoms with Gasteiger partial charge in [0.15, 0.2) is 0 Å². The largest absolute Gasteiger partial charge is 0.379 e. The number of hydrogen-bond acceptors (Lipinski definition) is 3. The van der Waals surface area contributed by atoms with Crippen LogP contribution in [0.1, 0.15) is 5.56 Å². The maximum atomic E-state index is 6.11. The van der Waals surface area contributed by atoms with Gasteiger partial charge in [0.2, 0.25) is 0 Å².